The van der Waals surface area contributed by atoms with Crippen LogP contribution < -0.4 is 15.5 Å². The van der Waals surface area contributed by atoms with E-state index in [1.54, 1.807) is 30.3 Å². The molecule has 0 saturated carbocycles. The van der Waals surface area contributed by atoms with E-state index in [9.17, 15) is 9.59 Å². The van der Waals surface area contributed by atoms with E-state index in [1.807, 2.05) is 51.1 Å². The Morgan fingerprint density at radius 1 is 0.969 bits per heavy atom. The minimum Gasteiger partial charge on any atom is -0.482 e. The highest BCUT2D eigenvalue weighted by Crippen LogP contribution is 2.25. The van der Waals surface area contributed by atoms with Crippen LogP contribution in [-0.4, -0.2) is 24.6 Å². The number of anilines is 1. The molecule has 0 saturated heterocycles. The summed E-state index contributed by atoms with van der Waals surface area (Å²) in [6.07, 6.45) is 1.48. The molecule has 0 aromatic heterocycles. The fraction of sp³-hybridized carbons (Fsp3) is 0.160. The van der Waals surface area contributed by atoms with Crippen molar-refractivity contribution in [3.63, 3.8) is 0 Å². The number of aryl methyl sites for hydroxylation is 3. The Morgan fingerprint density at radius 2 is 1.69 bits per heavy atom. The number of rotatable bonds is 7. The number of carbonyl (C=O) groups excluding carboxylic acids is 2. The summed E-state index contributed by atoms with van der Waals surface area (Å²) in [5, 5.41) is 7.13. The molecule has 2 amide bonds. The Balaban J connectivity index is 1.53. The van der Waals surface area contributed by atoms with Crippen LogP contribution in [0.5, 0.6) is 5.75 Å². The molecule has 0 heterocycles. The molecule has 3 aromatic rings. The Labute approximate surface area is 192 Å². The van der Waals surface area contributed by atoms with E-state index in [0.29, 0.717) is 21.9 Å². The van der Waals surface area contributed by atoms with Gasteiger partial charge in [-0.1, -0.05) is 41.4 Å². The minimum absolute atomic E-state index is 0.173. The Hall–Kier alpha value is -3.64. The van der Waals surface area contributed by atoms with Gasteiger partial charge in [-0.2, -0.15) is 5.10 Å². The molecule has 3 rings (SSSR count). The Morgan fingerprint density at radius 3 is 2.41 bits per heavy atom. The van der Waals surface area contributed by atoms with Crippen LogP contribution in [0, 0.1) is 20.8 Å². The number of hydrogen-bond donors (Lipinski definition) is 2. The van der Waals surface area contributed by atoms with E-state index >= 15 is 0 Å². The lowest BCUT2D eigenvalue weighted by Crippen LogP contribution is -2.20. The quantitative estimate of drug-likeness (QED) is 0.391. The standard InChI is InChI=1S/C25H24ClN3O3/c1-16-5-9-20(10-6-16)25(31)29-27-14-19-8-11-23(21(26)13-19)32-15-24(30)28-22-12-17(2)4-7-18(22)3/h4-14H,15H2,1-3H3,(H,28,30)(H,29,31)/b27-14-. The SMILES string of the molecule is Cc1ccc(C(=O)N/N=C\c2ccc(OCC(=O)Nc3cc(C)ccc3C)c(Cl)c2)cc1. The van der Waals surface area contributed by atoms with Gasteiger partial charge in [0.2, 0.25) is 0 Å². The lowest BCUT2D eigenvalue weighted by Gasteiger charge is -2.11. The van der Waals surface area contributed by atoms with Crippen LogP contribution in [0.3, 0.4) is 0 Å². The van der Waals surface area contributed by atoms with Crippen molar-refractivity contribution in [3.05, 3.63) is 93.5 Å². The van der Waals surface area contributed by atoms with Gasteiger partial charge in [0.15, 0.2) is 6.61 Å². The molecule has 0 bridgehead atoms. The predicted octanol–water partition coefficient (Wildman–Crippen LogP) is 5.05. The molecule has 2 N–H and O–H groups in total. The van der Waals surface area contributed by atoms with Crippen LogP contribution in [0.4, 0.5) is 5.69 Å². The smallest absolute Gasteiger partial charge is 0.271 e. The summed E-state index contributed by atoms with van der Waals surface area (Å²) >= 11 is 6.27. The van der Waals surface area contributed by atoms with Crippen molar-refractivity contribution in [2.24, 2.45) is 5.10 Å². The maximum atomic E-state index is 12.2. The molecular weight excluding hydrogens is 426 g/mol. The minimum atomic E-state index is -0.304. The zero-order chi connectivity index (χ0) is 23.1. The maximum absolute atomic E-state index is 12.2. The lowest BCUT2D eigenvalue weighted by atomic mass is 10.1. The van der Waals surface area contributed by atoms with Crippen LogP contribution in [0.25, 0.3) is 0 Å². The van der Waals surface area contributed by atoms with Crippen molar-refractivity contribution in [3.8, 4) is 5.75 Å². The average molecular weight is 450 g/mol. The fourth-order valence-corrected chi connectivity index (χ4v) is 3.09. The second-order valence-corrected chi connectivity index (χ2v) is 7.82. The van der Waals surface area contributed by atoms with Crippen molar-refractivity contribution in [1.82, 2.24) is 5.43 Å². The number of ether oxygens (including phenoxy) is 1. The van der Waals surface area contributed by atoms with Crippen LogP contribution in [0.1, 0.15) is 32.6 Å². The first kappa shape index (κ1) is 23.0. The molecule has 32 heavy (non-hydrogen) atoms. The number of hydrogen-bond acceptors (Lipinski definition) is 4. The largest absolute Gasteiger partial charge is 0.482 e. The molecule has 0 aliphatic rings. The Kier molecular flexibility index (Phi) is 7.63. The molecule has 0 radical (unpaired) electrons. The van der Waals surface area contributed by atoms with Crippen molar-refractivity contribution in [2.45, 2.75) is 20.8 Å². The average Bonchev–Trinajstić information content (AvgIpc) is 2.76. The van der Waals surface area contributed by atoms with E-state index in [2.05, 4.69) is 15.8 Å². The summed E-state index contributed by atoms with van der Waals surface area (Å²) in [7, 11) is 0. The van der Waals surface area contributed by atoms with Gasteiger partial charge < -0.3 is 10.1 Å². The molecule has 0 aliphatic carbocycles. The summed E-state index contributed by atoms with van der Waals surface area (Å²) in [6, 6.07) is 18.1. The van der Waals surface area contributed by atoms with Crippen LogP contribution in [0.15, 0.2) is 65.8 Å². The Bertz CT molecular complexity index is 1160. The van der Waals surface area contributed by atoms with Gasteiger partial charge in [0.25, 0.3) is 11.8 Å². The van der Waals surface area contributed by atoms with E-state index in [4.69, 9.17) is 16.3 Å². The highest BCUT2D eigenvalue weighted by atomic mass is 35.5. The third kappa shape index (κ3) is 6.43. The van der Waals surface area contributed by atoms with Crippen molar-refractivity contribution < 1.29 is 14.3 Å². The second-order valence-electron chi connectivity index (χ2n) is 7.41. The topological polar surface area (TPSA) is 79.8 Å². The lowest BCUT2D eigenvalue weighted by molar-refractivity contribution is -0.118. The van der Waals surface area contributed by atoms with Crippen LogP contribution in [-0.2, 0) is 4.79 Å². The third-order valence-corrected chi connectivity index (χ3v) is 4.97. The molecule has 0 atom stereocenters. The van der Waals surface area contributed by atoms with E-state index in [1.165, 1.54) is 6.21 Å². The molecule has 0 aliphatic heterocycles. The van der Waals surface area contributed by atoms with Gasteiger partial charge in [0.05, 0.1) is 11.2 Å². The number of amides is 2. The van der Waals surface area contributed by atoms with Gasteiger partial charge in [-0.3, -0.25) is 9.59 Å². The summed E-state index contributed by atoms with van der Waals surface area (Å²) in [5.41, 5.74) is 7.53. The van der Waals surface area contributed by atoms with Crippen molar-refractivity contribution >= 4 is 35.3 Å². The van der Waals surface area contributed by atoms with Crippen LogP contribution in [0.2, 0.25) is 5.02 Å². The first-order valence-electron chi connectivity index (χ1n) is 10.0. The highest BCUT2D eigenvalue weighted by molar-refractivity contribution is 6.32. The predicted molar refractivity (Wildman–Crippen MR) is 128 cm³/mol. The highest BCUT2D eigenvalue weighted by Gasteiger charge is 2.09. The van der Waals surface area contributed by atoms with E-state index in [-0.39, 0.29) is 18.4 Å². The zero-order valence-corrected chi connectivity index (χ0v) is 18.9. The molecule has 0 fully saturated rings. The summed E-state index contributed by atoms with van der Waals surface area (Å²) < 4.78 is 5.55. The number of benzene rings is 3. The van der Waals surface area contributed by atoms with Gasteiger partial charge >= 0.3 is 0 Å². The molecule has 7 heteroatoms. The molecule has 0 unspecified atom stereocenters. The number of carbonyl (C=O) groups is 2. The molecule has 3 aromatic carbocycles. The third-order valence-electron chi connectivity index (χ3n) is 4.68. The van der Waals surface area contributed by atoms with Gasteiger partial charge in [-0.15, -0.1) is 0 Å². The molecule has 6 nitrogen and oxygen atoms in total. The van der Waals surface area contributed by atoms with E-state index in [0.717, 1.165) is 22.4 Å². The number of nitrogens with one attached hydrogen (secondary N) is 2. The molecule has 164 valence electrons. The number of hydrazone groups is 1. The van der Waals surface area contributed by atoms with Gasteiger partial charge in [-0.05, 0) is 73.9 Å². The fourth-order valence-electron chi connectivity index (χ4n) is 2.85. The zero-order valence-electron chi connectivity index (χ0n) is 18.1. The van der Waals surface area contributed by atoms with Gasteiger partial charge in [0, 0.05) is 11.3 Å². The van der Waals surface area contributed by atoms with Gasteiger partial charge in [0.1, 0.15) is 5.75 Å². The molecular formula is C25H24ClN3O3. The first-order valence-corrected chi connectivity index (χ1v) is 10.4. The monoisotopic (exact) mass is 449 g/mol. The normalized spacial score (nSPS) is 10.8. The van der Waals surface area contributed by atoms with Crippen molar-refractivity contribution in [2.75, 3.05) is 11.9 Å². The molecule has 0 spiro atoms. The number of halogens is 1. The summed E-state index contributed by atoms with van der Waals surface area (Å²) in [6.45, 7) is 5.67. The van der Waals surface area contributed by atoms with Gasteiger partial charge in [-0.25, -0.2) is 5.43 Å². The van der Waals surface area contributed by atoms with Crippen molar-refractivity contribution in [1.29, 1.82) is 0 Å². The first-order chi connectivity index (χ1) is 15.3. The van der Waals surface area contributed by atoms with E-state index < -0.39 is 0 Å². The van der Waals surface area contributed by atoms with Crippen LogP contribution >= 0.6 is 11.6 Å². The summed E-state index contributed by atoms with van der Waals surface area (Å²) in [5.74, 6) is -0.204. The maximum Gasteiger partial charge on any atom is 0.271 e. The second kappa shape index (κ2) is 10.6. The summed E-state index contributed by atoms with van der Waals surface area (Å²) in [4.78, 5) is 24.3. The number of nitrogens with zero attached hydrogens (tertiary/aromatic N) is 1.